The van der Waals surface area contributed by atoms with Gasteiger partial charge in [-0.3, -0.25) is 4.79 Å². The zero-order valence-electron chi connectivity index (χ0n) is 17.7. The Bertz CT molecular complexity index is 374. The molecule has 4 heteroatoms. The molecule has 0 aromatic rings. The third-order valence-electron chi connectivity index (χ3n) is 4.93. The molecule has 0 aromatic carbocycles. The van der Waals surface area contributed by atoms with Crippen molar-refractivity contribution in [1.29, 1.82) is 0 Å². The molecule has 0 radical (unpaired) electrons. The lowest BCUT2D eigenvalue weighted by Gasteiger charge is -2.27. The molecule has 154 valence electrons. The van der Waals surface area contributed by atoms with Gasteiger partial charge in [0.15, 0.2) is 0 Å². The number of carboxylic acid groups (broad SMARTS) is 1. The Morgan fingerprint density at radius 3 is 1.50 bits per heavy atom. The van der Waals surface area contributed by atoms with Crippen LogP contribution in [0.3, 0.4) is 0 Å². The zero-order chi connectivity index (χ0) is 19.8. The second-order valence-corrected chi connectivity index (χ2v) is 8.70. The van der Waals surface area contributed by atoms with Crippen molar-refractivity contribution in [2.24, 2.45) is 5.41 Å². The highest BCUT2D eigenvalue weighted by molar-refractivity contribution is 5.84. The molecule has 2 N–H and O–H groups in total. The summed E-state index contributed by atoms with van der Waals surface area (Å²) in [5.74, 6) is -1.10. The molecular weight excluding hydrogens is 326 g/mol. The molecule has 0 spiro atoms. The first-order valence-corrected chi connectivity index (χ1v) is 10.8. The minimum Gasteiger partial charge on any atom is -0.480 e. The van der Waals surface area contributed by atoms with Crippen LogP contribution in [-0.4, -0.2) is 23.0 Å². The van der Waals surface area contributed by atoms with Crippen molar-refractivity contribution in [3.05, 3.63) is 0 Å². The molecule has 1 atom stereocenters. The Morgan fingerprint density at radius 2 is 1.15 bits per heavy atom. The van der Waals surface area contributed by atoms with Gasteiger partial charge < -0.3 is 10.4 Å². The molecule has 0 saturated heterocycles. The highest BCUT2D eigenvalue weighted by Crippen LogP contribution is 2.20. The molecule has 0 saturated carbocycles. The molecule has 0 aliphatic heterocycles. The predicted octanol–water partition coefficient (Wildman–Crippen LogP) is 6.08. The van der Waals surface area contributed by atoms with Crippen LogP contribution >= 0.6 is 0 Å². The summed E-state index contributed by atoms with van der Waals surface area (Å²) in [6.07, 6.45) is 17.0. The number of unbranched alkanes of at least 4 members (excludes halogenated alkanes) is 12. The molecule has 0 aliphatic rings. The van der Waals surface area contributed by atoms with Crippen LogP contribution in [0.4, 0.5) is 0 Å². The first-order valence-electron chi connectivity index (χ1n) is 10.8. The van der Waals surface area contributed by atoms with Gasteiger partial charge in [-0.25, -0.2) is 4.79 Å². The van der Waals surface area contributed by atoms with E-state index >= 15 is 0 Å². The number of hydrogen-bond donors (Lipinski definition) is 2. The smallest absolute Gasteiger partial charge is 0.326 e. The maximum absolute atomic E-state index is 11.9. The number of amides is 1. The lowest BCUT2D eigenvalue weighted by molar-refractivity contribution is -0.144. The number of carboxylic acids is 1. The molecule has 0 rings (SSSR count). The van der Waals surface area contributed by atoms with Gasteiger partial charge in [-0.05, 0) is 11.8 Å². The summed E-state index contributed by atoms with van der Waals surface area (Å²) in [6, 6.07) is -0.822. The lowest BCUT2D eigenvalue weighted by atomic mass is 9.86. The van der Waals surface area contributed by atoms with E-state index in [4.69, 9.17) is 0 Å². The molecule has 0 bridgehead atoms. The fourth-order valence-corrected chi connectivity index (χ4v) is 3.19. The van der Waals surface area contributed by atoms with Gasteiger partial charge in [-0.2, -0.15) is 0 Å². The van der Waals surface area contributed by atoms with Crippen LogP contribution in [0.1, 0.15) is 118 Å². The van der Waals surface area contributed by atoms with Crippen LogP contribution in [0.15, 0.2) is 0 Å². The second kappa shape index (κ2) is 15.0. The van der Waals surface area contributed by atoms with Gasteiger partial charge in [0.25, 0.3) is 0 Å². The standard InChI is InChI=1S/C22H43NO3/c1-5-6-7-8-9-10-11-12-13-14-15-16-17-18-19(24)23-20(21(25)26)22(2,3)4/h20H,5-18H2,1-4H3,(H,23,24)(H,25,26)/t20-/m1/s1. The van der Waals surface area contributed by atoms with E-state index in [0.717, 1.165) is 12.8 Å². The number of aliphatic carboxylic acids is 1. The van der Waals surface area contributed by atoms with Crippen molar-refractivity contribution in [3.8, 4) is 0 Å². The molecule has 0 unspecified atom stereocenters. The second-order valence-electron chi connectivity index (χ2n) is 8.70. The fourth-order valence-electron chi connectivity index (χ4n) is 3.19. The van der Waals surface area contributed by atoms with Crippen LogP contribution in [0, 0.1) is 5.41 Å². The van der Waals surface area contributed by atoms with Gasteiger partial charge in [0.05, 0.1) is 0 Å². The van der Waals surface area contributed by atoms with Crippen molar-refractivity contribution in [3.63, 3.8) is 0 Å². The Hall–Kier alpha value is -1.06. The summed E-state index contributed by atoms with van der Waals surface area (Å²) >= 11 is 0. The molecule has 4 nitrogen and oxygen atoms in total. The van der Waals surface area contributed by atoms with Gasteiger partial charge >= 0.3 is 5.97 Å². The molecular formula is C22H43NO3. The van der Waals surface area contributed by atoms with E-state index in [1.165, 1.54) is 70.6 Å². The molecule has 0 aliphatic carbocycles. The van der Waals surface area contributed by atoms with Gasteiger partial charge in [0.2, 0.25) is 5.91 Å². The topological polar surface area (TPSA) is 66.4 Å². The average molecular weight is 370 g/mol. The van der Waals surface area contributed by atoms with Gasteiger partial charge in [0, 0.05) is 6.42 Å². The molecule has 0 aromatic heterocycles. The van der Waals surface area contributed by atoms with Crippen LogP contribution < -0.4 is 5.32 Å². The Kier molecular flexibility index (Phi) is 14.4. The normalized spacial score (nSPS) is 12.8. The third kappa shape index (κ3) is 14.1. The van der Waals surface area contributed by atoms with E-state index in [1.807, 2.05) is 20.8 Å². The summed E-state index contributed by atoms with van der Waals surface area (Å²) in [5, 5.41) is 11.9. The van der Waals surface area contributed by atoms with Crippen molar-refractivity contribution >= 4 is 11.9 Å². The zero-order valence-corrected chi connectivity index (χ0v) is 17.7. The Labute approximate surface area is 161 Å². The van der Waals surface area contributed by atoms with Crippen LogP contribution in [0.5, 0.6) is 0 Å². The molecule has 0 heterocycles. The van der Waals surface area contributed by atoms with E-state index < -0.39 is 17.4 Å². The van der Waals surface area contributed by atoms with E-state index in [0.29, 0.717) is 6.42 Å². The first-order chi connectivity index (χ1) is 12.3. The van der Waals surface area contributed by atoms with E-state index in [1.54, 1.807) is 0 Å². The van der Waals surface area contributed by atoms with Crippen molar-refractivity contribution in [2.75, 3.05) is 0 Å². The maximum atomic E-state index is 11.9. The minimum absolute atomic E-state index is 0.143. The fraction of sp³-hybridized carbons (Fsp3) is 0.909. The molecule has 26 heavy (non-hydrogen) atoms. The quantitative estimate of drug-likeness (QED) is 0.324. The van der Waals surface area contributed by atoms with Crippen molar-refractivity contribution in [2.45, 2.75) is 124 Å². The average Bonchev–Trinajstić information content (AvgIpc) is 2.55. The highest BCUT2D eigenvalue weighted by atomic mass is 16.4. The summed E-state index contributed by atoms with van der Waals surface area (Å²) in [7, 11) is 0. The third-order valence-corrected chi connectivity index (χ3v) is 4.93. The van der Waals surface area contributed by atoms with E-state index in [2.05, 4.69) is 12.2 Å². The summed E-state index contributed by atoms with van der Waals surface area (Å²) in [4.78, 5) is 23.2. The number of rotatable bonds is 16. The number of hydrogen-bond acceptors (Lipinski definition) is 2. The van der Waals surface area contributed by atoms with Gasteiger partial charge in [-0.1, -0.05) is 105 Å². The van der Waals surface area contributed by atoms with E-state index in [9.17, 15) is 14.7 Å². The van der Waals surface area contributed by atoms with Crippen LogP contribution in [0.2, 0.25) is 0 Å². The van der Waals surface area contributed by atoms with Gasteiger partial charge in [-0.15, -0.1) is 0 Å². The Balaban J connectivity index is 3.52. The number of carbonyl (C=O) groups excluding carboxylic acids is 1. The summed E-state index contributed by atoms with van der Waals surface area (Å²) < 4.78 is 0. The SMILES string of the molecule is CCCCCCCCCCCCCCCC(=O)N[C@H](C(=O)O)C(C)(C)C. The maximum Gasteiger partial charge on any atom is 0.326 e. The summed E-state index contributed by atoms with van der Waals surface area (Å²) in [5.41, 5.74) is -0.475. The Morgan fingerprint density at radius 1 is 0.769 bits per heavy atom. The number of nitrogens with one attached hydrogen (secondary N) is 1. The van der Waals surface area contributed by atoms with Crippen LogP contribution in [0.25, 0.3) is 0 Å². The van der Waals surface area contributed by atoms with Crippen molar-refractivity contribution < 1.29 is 14.7 Å². The van der Waals surface area contributed by atoms with Crippen LogP contribution in [-0.2, 0) is 9.59 Å². The number of carbonyl (C=O) groups is 2. The van der Waals surface area contributed by atoms with E-state index in [-0.39, 0.29) is 5.91 Å². The highest BCUT2D eigenvalue weighted by Gasteiger charge is 2.32. The minimum atomic E-state index is -0.962. The lowest BCUT2D eigenvalue weighted by Crippen LogP contribution is -2.49. The first kappa shape index (κ1) is 24.9. The molecule has 1 amide bonds. The molecule has 0 fully saturated rings. The van der Waals surface area contributed by atoms with Crippen molar-refractivity contribution in [1.82, 2.24) is 5.32 Å². The largest absolute Gasteiger partial charge is 0.480 e. The monoisotopic (exact) mass is 369 g/mol. The summed E-state index contributed by atoms with van der Waals surface area (Å²) in [6.45, 7) is 7.75. The van der Waals surface area contributed by atoms with Gasteiger partial charge in [0.1, 0.15) is 6.04 Å². The predicted molar refractivity (Wildman–Crippen MR) is 109 cm³/mol.